The molecular weight excluding hydrogens is 326 g/mol. The van der Waals surface area contributed by atoms with Gasteiger partial charge in [-0.15, -0.1) is 12.4 Å². The fraction of sp³-hybridized carbons (Fsp3) is 0.333. The first-order chi connectivity index (χ1) is 10.9. The van der Waals surface area contributed by atoms with Gasteiger partial charge in [-0.25, -0.2) is 4.98 Å². The van der Waals surface area contributed by atoms with Crippen LogP contribution in [0.15, 0.2) is 36.5 Å². The average molecular weight is 350 g/mol. The maximum Gasteiger partial charge on any atom is 0.265 e. The lowest BCUT2D eigenvalue weighted by Crippen LogP contribution is -2.30. The number of hydrogen-bond acceptors (Lipinski definition) is 4. The van der Waals surface area contributed by atoms with E-state index in [4.69, 9.17) is 10.5 Å². The fourth-order valence-electron chi connectivity index (χ4n) is 2.07. The Bertz CT molecular complexity index is 687. The molecule has 6 heteroatoms. The zero-order chi connectivity index (χ0) is 17.0. The molecule has 1 heterocycles. The van der Waals surface area contributed by atoms with E-state index in [1.807, 2.05) is 19.1 Å². The van der Waals surface area contributed by atoms with Crippen molar-refractivity contribution < 1.29 is 9.53 Å². The summed E-state index contributed by atoms with van der Waals surface area (Å²) in [5.41, 5.74) is 8.30. The van der Waals surface area contributed by atoms with Crippen LogP contribution in [-0.2, 0) is 4.79 Å². The molecule has 0 aliphatic heterocycles. The number of halogens is 1. The highest BCUT2D eigenvalue weighted by molar-refractivity contribution is 5.94. The van der Waals surface area contributed by atoms with Crippen LogP contribution in [0.4, 0.5) is 11.5 Å². The van der Waals surface area contributed by atoms with Gasteiger partial charge >= 0.3 is 0 Å². The number of anilines is 2. The number of nitrogens with one attached hydrogen (secondary N) is 1. The summed E-state index contributed by atoms with van der Waals surface area (Å²) in [6, 6.07) is 9.43. The first kappa shape index (κ1) is 19.8. The lowest BCUT2D eigenvalue weighted by Gasteiger charge is -2.18. The van der Waals surface area contributed by atoms with Gasteiger partial charge in [-0.05, 0) is 49.1 Å². The van der Waals surface area contributed by atoms with Gasteiger partial charge in [0.25, 0.3) is 5.91 Å². The molecule has 24 heavy (non-hydrogen) atoms. The second kappa shape index (κ2) is 8.55. The molecule has 5 nitrogen and oxygen atoms in total. The molecular formula is C18H24ClN3O2. The van der Waals surface area contributed by atoms with Crippen LogP contribution < -0.4 is 15.8 Å². The molecule has 0 bridgehead atoms. The minimum absolute atomic E-state index is 0. The van der Waals surface area contributed by atoms with E-state index in [-0.39, 0.29) is 18.3 Å². The summed E-state index contributed by atoms with van der Waals surface area (Å²) in [6.07, 6.45) is 0.901. The Kier molecular flexibility index (Phi) is 7.04. The number of amides is 1. The van der Waals surface area contributed by atoms with Crippen LogP contribution in [-0.4, -0.2) is 17.0 Å². The van der Waals surface area contributed by atoms with Crippen molar-refractivity contribution in [1.29, 1.82) is 0 Å². The zero-order valence-electron chi connectivity index (χ0n) is 14.4. The number of pyridine rings is 1. The third kappa shape index (κ3) is 5.13. The van der Waals surface area contributed by atoms with Crippen molar-refractivity contribution in [3.63, 3.8) is 0 Å². The number of aryl methyl sites for hydroxylation is 1. The highest BCUT2D eigenvalue weighted by Crippen LogP contribution is 2.25. The van der Waals surface area contributed by atoms with Crippen LogP contribution in [0.3, 0.4) is 0 Å². The molecule has 0 radical (unpaired) electrons. The van der Waals surface area contributed by atoms with Crippen molar-refractivity contribution in [1.82, 2.24) is 4.98 Å². The van der Waals surface area contributed by atoms with Crippen LogP contribution >= 0.6 is 12.4 Å². The van der Waals surface area contributed by atoms with Gasteiger partial charge in [0, 0.05) is 0 Å². The predicted octanol–water partition coefficient (Wildman–Crippen LogP) is 3.92. The monoisotopic (exact) mass is 349 g/mol. The summed E-state index contributed by atoms with van der Waals surface area (Å²) in [4.78, 5) is 16.2. The molecule has 2 rings (SSSR count). The number of hydrogen-bond donors (Lipinski definition) is 2. The number of carbonyl (C=O) groups excluding carboxylic acids is 1. The summed E-state index contributed by atoms with van der Waals surface area (Å²) < 4.78 is 5.84. The summed E-state index contributed by atoms with van der Waals surface area (Å²) >= 11 is 0. The van der Waals surface area contributed by atoms with Gasteiger partial charge in [-0.3, -0.25) is 4.79 Å². The Hall–Kier alpha value is -2.27. The Morgan fingerprint density at radius 1 is 1.21 bits per heavy atom. The molecule has 0 aliphatic rings. The minimum atomic E-state index is -0.617. The Balaban J connectivity index is 0.00000288. The van der Waals surface area contributed by atoms with Gasteiger partial charge < -0.3 is 15.8 Å². The average Bonchev–Trinajstić information content (AvgIpc) is 2.51. The standard InChI is InChI=1S/C18H23N3O2.ClH/c1-11(2)14-6-5-12(3)16(9-14)23-13(4)18(22)21-15-7-8-17(19)20-10-15;/h5-11,13H,1-4H3,(H2,19,20)(H,21,22);1H. The molecule has 0 spiro atoms. The Labute approximate surface area is 149 Å². The number of benzene rings is 1. The summed E-state index contributed by atoms with van der Waals surface area (Å²) in [6.45, 7) is 7.94. The lowest BCUT2D eigenvalue weighted by atomic mass is 10.0. The summed E-state index contributed by atoms with van der Waals surface area (Å²) in [5.74, 6) is 1.32. The van der Waals surface area contributed by atoms with Crippen LogP contribution in [0.5, 0.6) is 5.75 Å². The first-order valence-electron chi connectivity index (χ1n) is 7.66. The number of aromatic nitrogens is 1. The second-order valence-corrected chi connectivity index (χ2v) is 5.90. The zero-order valence-corrected chi connectivity index (χ0v) is 15.2. The smallest absolute Gasteiger partial charge is 0.265 e. The third-order valence-corrected chi connectivity index (χ3v) is 3.61. The molecule has 0 saturated heterocycles. The molecule has 0 saturated carbocycles. The quantitative estimate of drug-likeness (QED) is 0.857. The predicted molar refractivity (Wildman–Crippen MR) is 99.9 cm³/mol. The second-order valence-electron chi connectivity index (χ2n) is 5.90. The maximum atomic E-state index is 12.2. The highest BCUT2D eigenvalue weighted by Gasteiger charge is 2.16. The number of nitrogen functional groups attached to an aromatic ring is 1. The molecule has 1 aromatic carbocycles. The van der Waals surface area contributed by atoms with Crippen LogP contribution in [0.25, 0.3) is 0 Å². The molecule has 130 valence electrons. The minimum Gasteiger partial charge on any atom is -0.481 e. The van der Waals surface area contributed by atoms with Gasteiger partial charge in [-0.1, -0.05) is 26.0 Å². The summed E-state index contributed by atoms with van der Waals surface area (Å²) in [7, 11) is 0. The fourth-order valence-corrected chi connectivity index (χ4v) is 2.07. The molecule has 3 N–H and O–H groups in total. The van der Waals surface area contributed by atoms with E-state index in [0.29, 0.717) is 17.4 Å². The van der Waals surface area contributed by atoms with Crippen LogP contribution in [0.2, 0.25) is 0 Å². The number of rotatable bonds is 5. The Morgan fingerprint density at radius 3 is 2.50 bits per heavy atom. The largest absolute Gasteiger partial charge is 0.481 e. The number of carbonyl (C=O) groups is 1. The molecule has 1 amide bonds. The third-order valence-electron chi connectivity index (χ3n) is 3.61. The molecule has 2 aromatic rings. The van der Waals surface area contributed by atoms with Crippen LogP contribution in [0.1, 0.15) is 37.8 Å². The van der Waals surface area contributed by atoms with E-state index in [1.54, 1.807) is 19.1 Å². The highest BCUT2D eigenvalue weighted by atomic mass is 35.5. The van der Waals surface area contributed by atoms with Crippen molar-refractivity contribution in [3.8, 4) is 5.75 Å². The lowest BCUT2D eigenvalue weighted by molar-refractivity contribution is -0.122. The first-order valence-corrected chi connectivity index (χ1v) is 7.66. The van der Waals surface area contributed by atoms with Gasteiger partial charge in [-0.2, -0.15) is 0 Å². The van der Waals surface area contributed by atoms with Crippen molar-refractivity contribution in [2.75, 3.05) is 11.1 Å². The molecule has 1 unspecified atom stereocenters. The number of nitrogens with zero attached hydrogens (tertiary/aromatic N) is 1. The van der Waals surface area contributed by atoms with E-state index in [0.717, 1.165) is 11.3 Å². The van der Waals surface area contributed by atoms with E-state index in [9.17, 15) is 4.79 Å². The van der Waals surface area contributed by atoms with E-state index >= 15 is 0 Å². The molecule has 0 aliphatic carbocycles. The van der Waals surface area contributed by atoms with E-state index in [2.05, 4.69) is 30.2 Å². The van der Waals surface area contributed by atoms with Crippen molar-refractivity contribution in [3.05, 3.63) is 47.7 Å². The normalized spacial score (nSPS) is 11.5. The molecule has 1 aromatic heterocycles. The van der Waals surface area contributed by atoms with Gasteiger partial charge in [0.1, 0.15) is 11.6 Å². The Morgan fingerprint density at radius 2 is 1.92 bits per heavy atom. The van der Waals surface area contributed by atoms with E-state index in [1.165, 1.54) is 11.8 Å². The topological polar surface area (TPSA) is 77.2 Å². The number of nitrogens with two attached hydrogens (primary N) is 1. The number of ether oxygens (including phenoxy) is 1. The van der Waals surface area contributed by atoms with Gasteiger partial charge in [0.15, 0.2) is 6.10 Å². The van der Waals surface area contributed by atoms with Gasteiger partial charge in [0.05, 0.1) is 11.9 Å². The van der Waals surface area contributed by atoms with Crippen molar-refractivity contribution >= 4 is 29.8 Å². The SMILES string of the molecule is Cc1ccc(C(C)C)cc1OC(C)C(=O)Nc1ccc(N)nc1.Cl. The molecule has 1 atom stereocenters. The van der Waals surface area contributed by atoms with E-state index < -0.39 is 6.10 Å². The summed E-state index contributed by atoms with van der Waals surface area (Å²) in [5, 5.41) is 2.76. The van der Waals surface area contributed by atoms with Crippen molar-refractivity contribution in [2.24, 2.45) is 0 Å². The maximum absolute atomic E-state index is 12.2. The van der Waals surface area contributed by atoms with Crippen LogP contribution in [0, 0.1) is 6.92 Å². The van der Waals surface area contributed by atoms with Crippen molar-refractivity contribution in [2.45, 2.75) is 39.7 Å². The van der Waals surface area contributed by atoms with Gasteiger partial charge in [0.2, 0.25) is 0 Å². The molecule has 0 fully saturated rings.